The standard InChI is InChI=1S/C17H14N2O3S/c1-23-12-8-6-11(7-9-12)10-19-16(20)14-5-3-2-4-13(14)15(18-19)17(21)22/h2-9H,10H2,1H3,(H,21,22). The third kappa shape index (κ3) is 2.98. The fourth-order valence-electron chi connectivity index (χ4n) is 2.40. The molecule has 0 aliphatic rings. The number of carboxylic acids is 1. The number of carbonyl (C=O) groups is 1. The molecule has 0 aliphatic heterocycles. The molecule has 116 valence electrons. The fourth-order valence-corrected chi connectivity index (χ4v) is 2.81. The molecule has 23 heavy (non-hydrogen) atoms. The number of rotatable bonds is 4. The van der Waals surface area contributed by atoms with E-state index >= 15 is 0 Å². The lowest BCUT2D eigenvalue weighted by Gasteiger charge is -2.09. The second-order valence-corrected chi connectivity index (χ2v) is 5.89. The van der Waals surface area contributed by atoms with E-state index in [1.807, 2.05) is 30.5 Å². The fraction of sp³-hybridized carbons (Fsp3) is 0.118. The molecule has 1 N–H and O–H groups in total. The lowest BCUT2D eigenvalue weighted by atomic mass is 10.1. The monoisotopic (exact) mass is 326 g/mol. The highest BCUT2D eigenvalue weighted by Crippen LogP contribution is 2.16. The van der Waals surface area contributed by atoms with Crippen molar-refractivity contribution in [1.82, 2.24) is 9.78 Å². The number of aromatic carboxylic acids is 1. The maximum absolute atomic E-state index is 12.5. The Hall–Kier alpha value is -2.60. The molecule has 0 fully saturated rings. The summed E-state index contributed by atoms with van der Waals surface area (Å²) in [7, 11) is 0. The molecule has 0 saturated carbocycles. The van der Waals surface area contributed by atoms with Gasteiger partial charge in [-0.05, 0) is 30.0 Å². The zero-order chi connectivity index (χ0) is 16.4. The maximum Gasteiger partial charge on any atom is 0.357 e. The van der Waals surface area contributed by atoms with Crippen molar-refractivity contribution in [3.63, 3.8) is 0 Å². The summed E-state index contributed by atoms with van der Waals surface area (Å²) in [5, 5.41) is 14.1. The Morgan fingerprint density at radius 1 is 1.13 bits per heavy atom. The summed E-state index contributed by atoms with van der Waals surface area (Å²) in [6, 6.07) is 14.4. The number of fused-ring (bicyclic) bond motifs is 1. The average molecular weight is 326 g/mol. The van der Waals surface area contributed by atoms with Crippen LogP contribution in [0.3, 0.4) is 0 Å². The Kier molecular flexibility index (Phi) is 4.16. The first-order chi connectivity index (χ1) is 11.1. The summed E-state index contributed by atoms with van der Waals surface area (Å²) in [4.78, 5) is 25.1. The summed E-state index contributed by atoms with van der Waals surface area (Å²) in [6.07, 6.45) is 1.99. The number of nitrogens with zero attached hydrogens (tertiary/aromatic N) is 2. The van der Waals surface area contributed by atoms with Crippen LogP contribution in [0.4, 0.5) is 0 Å². The summed E-state index contributed by atoms with van der Waals surface area (Å²) in [6.45, 7) is 0.235. The molecule has 1 aromatic heterocycles. The third-order valence-corrected chi connectivity index (χ3v) is 4.31. The number of thioether (sulfide) groups is 1. The van der Waals surface area contributed by atoms with Crippen molar-refractivity contribution in [3.8, 4) is 0 Å². The van der Waals surface area contributed by atoms with Crippen LogP contribution in [0.5, 0.6) is 0 Å². The van der Waals surface area contributed by atoms with Gasteiger partial charge in [-0.1, -0.05) is 30.3 Å². The summed E-state index contributed by atoms with van der Waals surface area (Å²) < 4.78 is 1.21. The second kappa shape index (κ2) is 6.26. The van der Waals surface area contributed by atoms with Gasteiger partial charge in [-0.15, -0.1) is 11.8 Å². The van der Waals surface area contributed by atoms with Crippen molar-refractivity contribution in [3.05, 3.63) is 70.1 Å². The van der Waals surface area contributed by atoms with Gasteiger partial charge in [0.25, 0.3) is 5.56 Å². The number of carboxylic acid groups (broad SMARTS) is 1. The van der Waals surface area contributed by atoms with Crippen molar-refractivity contribution in [1.29, 1.82) is 0 Å². The minimum Gasteiger partial charge on any atom is -0.476 e. The van der Waals surface area contributed by atoms with Crippen LogP contribution in [0.25, 0.3) is 10.8 Å². The molecule has 0 radical (unpaired) electrons. The first-order valence-corrected chi connectivity index (χ1v) is 8.18. The van der Waals surface area contributed by atoms with Crippen molar-refractivity contribution in [2.24, 2.45) is 0 Å². The van der Waals surface area contributed by atoms with Gasteiger partial charge < -0.3 is 5.11 Å². The van der Waals surface area contributed by atoms with Gasteiger partial charge in [0.2, 0.25) is 0 Å². The van der Waals surface area contributed by atoms with E-state index < -0.39 is 5.97 Å². The van der Waals surface area contributed by atoms with Crippen LogP contribution in [-0.2, 0) is 6.54 Å². The third-order valence-electron chi connectivity index (χ3n) is 3.56. The minimum atomic E-state index is -1.15. The molecule has 0 spiro atoms. The molecular weight excluding hydrogens is 312 g/mol. The van der Waals surface area contributed by atoms with E-state index in [4.69, 9.17) is 0 Å². The van der Waals surface area contributed by atoms with Crippen LogP contribution in [0.15, 0.2) is 58.2 Å². The number of benzene rings is 2. The number of aromatic nitrogens is 2. The number of hydrogen-bond donors (Lipinski definition) is 1. The Balaban J connectivity index is 2.11. The van der Waals surface area contributed by atoms with Crippen molar-refractivity contribution >= 4 is 28.5 Å². The molecule has 5 nitrogen and oxygen atoms in total. The molecule has 0 amide bonds. The van der Waals surface area contributed by atoms with Crippen molar-refractivity contribution < 1.29 is 9.90 Å². The lowest BCUT2D eigenvalue weighted by molar-refractivity contribution is 0.0690. The van der Waals surface area contributed by atoms with E-state index in [-0.39, 0.29) is 17.8 Å². The molecule has 3 aromatic rings. The summed E-state index contributed by atoms with van der Waals surface area (Å²) >= 11 is 1.63. The van der Waals surface area contributed by atoms with E-state index in [1.165, 1.54) is 4.68 Å². The van der Waals surface area contributed by atoms with Crippen molar-refractivity contribution in [2.75, 3.05) is 6.26 Å². The van der Waals surface area contributed by atoms with Gasteiger partial charge in [-0.3, -0.25) is 4.79 Å². The Morgan fingerprint density at radius 3 is 2.39 bits per heavy atom. The molecular formula is C17H14N2O3S. The van der Waals surface area contributed by atoms with Crippen LogP contribution in [0, 0.1) is 0 Å². The van der Waals surface area contributed by atoms with E-state index in [9.17, 15) is 14.7 Å². The average Bonchev–Trinajstić information content (AvgIpc) is 2.58. The van der Waals surface area contributed by atoms with E-state index in [1.54, 1.807) is 36.0 Å². The van der Waals surface area contributed by atoms with Gasteiger partial charge in [-0.2, -0.15) is 5.10 Å². The molecule has 0 bridgehead atoms. The highest BCUT2D eigenvalue weighted by Gasteiger charge is 2.15. The summed E-state index contributed by atoms with van der Waals surface area (Å²) in [5.74, 6) is -1.15. The second-order valence-electron chi connectivity index (χ2n) is 5.01. The van der Waals surface area contributed by atoms with Crippen LogP contribution in [0.1, 0.15) is 16.1 Å². The van der Waals surface area contributed by atoms with E-state index in [0.717, 1.165) is 10.5 Å². The van der Waals surface area contributed by atoms with Gasteiger partial charge >= 0.3 is 5.97 Å². The highest BCUT2D eigenvalue weighted by molar-refractivity contribution is 7.98. The molecule has 3 rings (SSSR count). The van der Waals surface area contributed by atoms with Crippen LogP contribution in [-0.4, -0.2) is 27.1 Å². The lowest BCUT2D eigenvalue weighted by Crippen LogP contribution is -2.26. The zero-order valence-corrected chi connectivity index (χ0v) is 13.2. The maximum atomic E-state index is 12.5. The van der Waals surface area contributed by atoms with Gasteiger partial charge in [-0.25, -0.2) is 9.48 Å². The normalized spacial score (nSPS) is 10.8. The minimum absolute atomic E-state index is 0.110. The van der Waals surface area contributed by atoms with Crippen LogP contribution in [0.2, 0.25) is 0 Å². The quantitative estimate of drug-likeness (QED) is 0.746. The largest absolute Gasteiger partial charge is 0.476 e. The molecule has 2 aromatic carbocycles. The molecule has 0 saturated heterocycles. The molecule has 6 heteroatoms. The Bertz CT molecular complexity index is 933. The van der Waals surface area contributed by atoms with Gasteiger partial charge in [0, 0.05) is 10.3 Å². The molecule has 0 unspecified atom stereocenters. The van der Waals surface area contributed by atoms with Crippen LogP contribution < -0.4 is 5.56 Å². The first kappa shape index (κ1) is 15.3. The topological polar surface area (TPSA) is 72.2 Å². The predicted molar refractivity (Wildman–Crippen MR) is 90.3 cm³/mol. The van der Waals surface area contributed by atoms with Gasteiger partial charge in [0.05, 0.1) is 11.9 Å². The SMILES string of the molecule is CSc1ccc(Cn2nc(C(=O)O)c3ccccc3c2=O)cc1. The van der Waals surface area contributed by atoms with Crippen molar-refractivity contribution in [2.45, 2.75) is 11.4 Å². The molecule has 0 atom stereocenters. The van der Waals surface area contributed by atoms with Crippen LogP contribution >= 0.6 is 11.8 Å². The van der Waals surface area contributed by atoms with E-state index in [0.29, 0.717) is 10.8 Å². The summed E-state index contributed by atoms with van der Waals surface area (Å²) in [5.41, 5.74) is 0.490. The van der Waals surface area contributed by atoms with Gasteiger partial charge in [0.1, 0.15) is 0 Å². The first-order valence-electron chi connectivity index (χ1n) is 6.96. The molecule has 1 heterocycles. The molecule has 0 aliphatic carbocycles. The Morgan fingerprint density at radius 2 is 1.78 bits per heavy atom. The number of hydrogen-bond acceptors (Lipinski definition) is 4. The van der Waals surface area contributed by atoms with E-state index in [2.05, 4.69) is 5.10 Å². The smallest absolute Gasteiger partial charge is 0.357 e. The van der Waals surface area contributed by atoms with Gasteiger partial charge in [0.15, 0.2) is 5.69 Å². The zero-order valence-electron chi connectivity index (χ0n) is 12.4. The predicted octanol–water partition coefficient (Wildman–Crippen LogP) is 2.86. The Labute approximate surface area is 136 Å². The highest BCUT2D eigenvalue weighted by atomic mass is 32.2.